The number of hydrogen-bond acceptors (Lipinski definition) is 12. The molecule has 8 atom stereocenters. The Kier molecular flexibility index (Phi) is 53.7. The molecule has 19 heteroatoms. The van der Waals surface area contributed by atoms with Crippen molar-refractivity contribution in [2.45, 2.75) is 209 Å². The van der Waals surface area contributed by atoms with Gasteiger partial charge in [0.25, 0.3) is 0 Å². The third-order valence-electron chi connectivity index (χ3n) is 13.9. The molecule has 2 aromatic carbocycles. The minimum atomic E-state index is -2.51. The number of aliphatic hydroxyl groups excluding tert-OH is 8. The molecule has 8 rings (SSSR count). The van der Waals surface area contributed by atoms with Crippen LogP contribution in [-0.2, 0) is 25.4 Å². The van der Waals surface area contributed by atoms with Crippen LogP contribution in [0.1, 0.15) is 184 Å². The fourth-order valence-corrected chi connectivity index (χ4v) is 9.71. The molecule has 16 nitrogen and oxygen atoms in total. The van der Waals surface area contributed by atoms with Gasteiger partial charge in [-0.2, -0.15) is 6.20 Å². The monoisotopic (exact) mass is 1570 g/mol. The third kappa shape index (κ3) is 44.4. The Morgan fingerprint density at radius 2 is 0.701 bits per heavy atom. The maximum atomic E-state index is 10.2. The molecule has 4 aliphatic heterocycles. The SMILES string of the molecule is C1=CC[N-]C=C1.C1CC[N-]CC1.C1CC[N-]CC1.C1CC[N-]CC1.OC(CC(O)CC(O)C1CCCCC1)CC(O)c1ccccc1.OC(CC(O)CC(O)C1CCCCC1)CC(O)c1ccccc1.[Ni+2].[O]=[U]=[O].[O]=[U]=[O]. The van der Waals surface area contributed by atoms with E-state index in [4.69, 9.17) is 8.94 Å². The molecule has 0 aromatic heterocycles. The Hall–Kier alpha value is -0.923. The number of piperidine rings is 3. The molecule has 2 aromatic rings. The van der Waals surface area contributed by atoms with Crippen molar-refractivity contribution < 1.29 is 122 Å². The summed E-state index contributed by atoms with van der Waals surface area (Å²) in [4.78, 5) is 0. The van der Waals surface area contributed by atoms with Crippen LogP contribution in [0.15, 0.2) is 85.1 Å². The topological polar surface area (TPSA) is 287 Å². The summed E-state index contributed by atoms with van der Waals surface area (Å²) in [5.41, 5.74) is 1.53. The Labute approximate surface area is 502 Å². The Balaban J connectivity index is 0.000000974. The van der Waals surface area contributed by atoms with Gasteiger partial charge in [-0.05, 0) is 74.3 Å². The van der Waals surface area contributed by atoms with Crippen molar-refractivity contribution >= 4 is 0 Å². The fraction of sp³-hybridized carbons (Fsp3) is 0.724. The van der Waals surface area contributed by atoms with E-state index in [-0.39, 0.29) is 54.0 Å². The van der Waals surface area contributed by atoms with Gasteiger partial charge in [-0.25, -0.2) is 0 Å². The number of benzene rings is 2. The Morgan fingerprint density at radius 3 is 0.922 bits per heavy atom. The summed E-state index contributed by atoms with van der Waals surface area (Å²) >= 11 is -5.01. The van der Waals surface area contributed by atoms with E-state index in [0.29, 0.717) is 12.8 Å². The molecular weight excluding hydrogens is 1480 g/mol. The van der Waals surface area contributed by atoms with E-state index in [0.717, 1.165) is 108 Å². The van der Waals surface area contributed by atoms with Crippen molar-refractivity contribution in [3.05, 3.63) is 117 Å². The number of allylic oxidation sites excluding steroid dienone is 2. The van der Waals surface area contributed by atoms with Crippen molar-refractivity contribution in [3.8, 4) is 0 Å². The number of hydrogen-bond donors (Lipinski definition) is 8. The van der Waals surface area contributed by atoms with Crippen LogP contribution in [0.2, 0.25) is 0 Å². The van der Waals surface area contributed by atoms with Crippen LogP contribution < -0.4 is 0 Å². The van der Waals surface area contributed by atoms with Crippen LogP contribution in [-0.4, -0.2) is 123 Å². The maximum absolute atomic E-state index is 10.2. The minimum absolute atomic E-state index is 0. The van der Waals surface area contributed by atoms with Gasteiger partial charge >= 0.3 is 81.1 Å². The molecule has 2 aliphatic carbocycles. The summed E-state index contributed by atoms with van der Waals surface area (Å²) in [5, 5.41) is 97.4. The summed E-state index contributed by atoms with van der Waals surface area (Å²) < 4.78 is 34.3. The second-order valence-corrected chi connectivity index (χ2v) is 21.7. The summed E-state index contributed by atoms with van der Waals surface area (Å²) in [7, 11) is 0. The van der Waals surface area contributed by atoms with E-state index >= 15 is 0 Å². The second kappa shape index (κ2) is 54.3. The number of aliphatic hydroxyl groups is 8. The van der Waals surface area contributed by atoms with Crippen molar-refractivity contribution in [2.75, 3.05) is 45.8 Å². The summed E-state index contributed by atoms with van der Waals surface area (Å²) in [6.45, 7) is 7.61. The van der Waals surface area contributed by atoms with Gasteiger partial charge < -0.3 is 62.1 Å². The van der Waals surface area contributed by atoms with Crippen molar-refractivity contribution in [1.29, 1.82) is 0 Å². The van der Waals surface area contributed by atoms with Crippen LogP contribution in [0.4, 0.5) is 0 Å². The van der Waals surface area contributed by atoms with Crippen molar-refractivity contribution in [1.82, 2.24) is 0 Å². The van der Waals surface area contributed by atoms with E-state index in [1.54, 1.807) is 6.20 Å². The first-order chi connectivity index (χ1) is 36.9. The normalized spacial score (nSPS) is 20.1. The van der Waals surface area contributed by atoms with Gasteiger partial charge in [-0.15, -0.1) is 51.9 Å². The molecular formula is C58H96N4NiO12U2-2. The molecule has 5 fully saturated rings. The molecule has 2 saturated carbocycles. The van der Waals surface area contributed by atoms with E-state index in [9.17, 15) is 40.9 Å². The molecule has 6 aliphatic rings. The molecule has 4 heterocycles. The molecule has 0 amide bonds. The zero-order valence-electron chi connectivity index (χ0n) is 45.8. The number of rotatable bonds is 16. The van der Waals surface area contributed by atoms with Crippen LogP contribution in [0.5, 0.6) is 0 Å². The van der Waals surface area contributed by atoms with Gasteiger partial charge in [0.2, 0.25) is 0 Å². The van der Waals surface area contributed by atoms with Crippen LogP contribution in [0, 0.1) is 67.5 Å². The molecule has 8 unspecified atom stereocenters. The van der Waals surface area contributed by atoms with Gasteiger partial charge in [-0.1, -0.05) is 169 Å². The fourth-order valence-electron chi connectivity index (χ4n) is 9.71. The van der Waals surface area contributed by atoms with Gasteiger partial charge in [0.1, 0.15) is 0 Å². The van der Waals surface area contributed by atoms with Crippen molar-refractivity contribution in [3.63, 3.8) is 0 Å². The van der Waals surface area contributed by atoms with Gasteiger partial charge in [-0.3, -0.25) is 0 Å². The first kappa shape index (κ1) is 76.1. The second-order valence-electron chi connectivity index (χ2n) is 20.3. The van der Waals surface area contributed by atoms with Crippen LogP contribution >= 0.6 is 0 Å². The molecule has 77 heavy (non-hydrogen) atoms. The summed E-state index contributed by atoms with van der Waals surface area (Å²) in [6, 6.07) is 18.4. The Bertz CT molecular complexity index is 1560. The quantitative estimate of drug-likeness (QED) is 0.0729. The van der Waals surface area contributed by atoms with E-state index in [2.05, 4.69) is 21.3 Å². The van der Waals surface area contributed by atoms with Crippen LogP contribution in [0.25, 0.3) is 21.3 Å². The van der Waals surface area contributed by atoms with E-state index < -0.39 is 104 Å². The van der Waals surface area contributed by atoms with E-state index in [1.165, 1.54) is 70.6 Å². The third-order valence-corrected chi connectivity index (χ3v) is 13.9. The van der Waals surface area contributed by atoms with Gasteiger partial charge in [0.05, 0.1) is 48.8 Å². The zero-order valence-corrected chi connectivity index (χ0v) is 55.1. The molecule has 440 valence electrons. The molecule has 0 spiro atoms. The van der Waals surface area contributed by atoms with Gasteiger partial charge in [0, 0.05) is 12.8 Å². The van der Waals surface area contributed by atoms with E-state index in [1.807, 2.05) is 78.9 Å². The van der Waals surface area contributed by atoms with Crippen LogP contribution in [0.3, 0.4) is 0 Å². The predicted molar refractivity (Wildman–Crippen MR) is 290 cm³/mol. The van der Waals surface area contributed by atoms with Gasteiger partial charge in [0.15, 0.2) is 0 Å². The molecule has 3 saturated heterocycles. The molecule has 0 bridgehead atoms. The zero-order chi connectivity index (χ0) is 55.7. The standard InChI is InChI=1S/2C19H30O4.3C5H10N.C5H6N.Ni.4O.2U/c2*20-16(12-18(22)14-7-3-1-4-8-14)11-17(21)13-19(23)15-9-5-2-6-10-15;4*1-2-4-6-5-3-1;;;;;;;/h2*1,3-4,7-8,15-23H,2,5-6,9-13H2;3*1-5H2;1-4H,5H2;;;;;;;/q;;4*-1;+2;;;;;;. The summed E-state index contributed by atoms with van der Waals surface area (Å²) in [6.07, 6.45) is 27.1. The average Bonchev–Trinajstić information content (AvgIpc) is 3.47. The first-order valence-corrected chi connectivity index (χ1v) is 35.2. The Morgan fingerprint density at radius 1 is 0.403 bits per heavy atom. The first-order valence-electron chi connectivity index (χ1n) is 28.4. The number of nitrogens with zero attached hydrogens (tertiary/aromatic N) is 4. The van der Waals surface area contributed by atoms with Crippen molar-refractivity contribution in [2.24, 2.45) is 11.8 Å². The molecule has 0 radical (unpaired) electrons. The average molecular weight is 1580 g/mol. The predicted octanol–water partition coefficient (Wildman–Crippen LogP) is 10.7. The summed E-state index contributed by atoms with van der Waals surface area (Å²) in [5.74, 6) is 0.566. The molecule has 8 N–H and O–H groups in total.